The normalized spacial score (nSPS) is 13.5. The van der Waals surface area contributed by atoms with Crippen LogP contribution in [0.4, 0.5) is 0 Å². The Kier molecular flexibility index (Phi) is 20.6. The quantitative estimate of drug-likeness (QED) is 0.0575. The van der Waals surface area contributed by atoms with Crippen LogP contribution in [0.1, 0.15) is 191 Å². The number of hydrogen-bond acceptors (Lipinski definition) is 0. The molecule has 262 valence electrons. The highest BCUT2D eigenvalue weighted by atomic mass is 15.1. The molecule has 3 aromatic rings. The minimum Gasteiger partial charge on any atom is -0.247 e. The lowest BCUT2D eigenvalue weighted by Crippen LogP contribution is -2.43. The Morgan fingerprint density at radius 1 is 0.553 bits per heavy atom. The maximum Gasteiger partial charge on any atom is 0.258 e. The second-order valence-electron chi connectivity index (χ2n) is 14.9. The Balaban J connectivity index is 1.59. The van der Waals surface area contributed by atoms with Gasteiger partial charge < -0.3 is 0 Å². The van der Waals surface area contributed by atoms with Gasteiger partial charge in [-0.3, -0.25) is 0 Å². The van der Waals surface area contributed by atoms with Gasteiger partial charge in [-0.05, 0) is 36.8 Å². The monoisotopic (exact) mass is 642 g/mol. The number of imidazole rings is 1. The molecular weight excluding hydrogens is 569 g/mol. The third-order valence-corrected chi connectivity index (χ3v) is 10.8. The molecule has 2 unspecified atom stereocenters. The minimum absolute atomic E-state index is 0.00533. The summed E-state index contributed by atoms with van der Waals surface area (Å²) in [4.78, 5) is 3.81. The number of aromatic amines is 1. The van der Waals surface area contributed by atoms with Gasteiger partial charge in [-0.15, -0.1) is 0 Å². The van der Waals surface area contributed by atoms with Crippen LogP contribution >= 0.6 is 0 Å². The van der Waals surface area contributed by atoms with Crippen LogP contribution in [0, 0.1) is 0 Å². The average Bonchev–Trinajstić information content (AvgIpc) is 3.56. The van der Waals surface area contributed by atoms with Crippen LogP contribution in [0.2, 0.25) is 0 Å². The first kappa shape index (κ1) is 39.1. The van der Waals surface area contributed by atoms with Crippen molar-refractivity contribution >= 4 is 0 Å². The smallest absolute Gasteiger partial charge is 0.247 e. The molecular formula is C45H73N2+. The molecule has 2 atom stereocenters. The van der Waals surface area contributed by atoms with Crippen molar-refractivity contribution in [1.82, 2.24) is 4.98 Å². The van der Waals surface area contributed by atoms with Gasteiger partial charge >= 0.3 is 0 Å². The Morgan fingerprint density at radius 2 is 1.00 bits per heavy atom. The molecule has 1 heterocycles. The predicted molar refractivity (Wildman–Crippen MR) is 205 cm³/mol. The highest BCUT2D eigenvalue weighted by Gasteiger charge is 2.41. The van der Waals surface area contributed by atoms with Crippen LogP contribution in [-0.4, -0.2) is 4.98 Å². The van der Waals surface area contributed by atoms with Gasteiger partial charge in [0.2, 0.25) is 0 Å². The third-order valence-electron chi connectivity index (χ3n) is 10.8. The van der Waals surface area contributed by atoms with Crippen LogP contribution in [-0.2, 0) is 18.4 Å². The van der Waals surface area contributed by atoms with Crippen LogP contribution in [0.5, 0.6) is 0 Å². The van der Waals surface area contributed by atoms with Crippen molar-refractivity contribution in [1.29, 1.82) is 0 Å². The van der Waals surface area contributed by atoms with Gasteiger partial charge in [0.15, 0.2) is 0 Å². The second kappa shape index (κ2) is 24.7. The van der Waals surface area contributed by atoms with Gasteiger partial charge in [-0.1, -0.05) is 210 Å². The zero-order valence-corrected chi connectivity index (χ0v) is 31.1. The van der Waals surface area contributed by atoms with Crippen LogP contribution in [0.15, 0.2) is 73.1 Å². The van der Waals surface area contributed by atoms with Gasteiger partial charge in [-0.2, -0.15) is 0 Å². The van der Waals surface area contributed by atoms with Crippen molar-refractivity contribution in [3.8, 4) is 0 Å². The van der Waals surface area contributed by atoms with Gasteiger partial charge in [0.25, 0.3) is 5.82 Å². The van der Waals surface area contributed by atoms with E-state index in [9.17, 15) is 0 Å². The van der Waals surface area contributed by atoms with Crippen molar-refractivity contribution in [2.45, 2.75) is 193 Å². The first-order valence-corrected chi connectivity index (χ1v) is 20.3. The number of hydrogen-bond donors (Lipinski definition) is 1. The summed E-state index contributed by atoms with van der Waals surface area (Å²) in [6.07, 6.45) is 37.5. The molecule has 3 rings (SSSR count). The first-order chi connectivity index (χ1) is 23.2. The lowest BCUT2D eigenvalue weighted by molar-refractivity contribution is -0.705. The first-order valence-electron chi connectivity index (χ1n) is 20.3. The molecule has 0 radical (unpaired) electrons. The lowest BCUT2D eigenvalue weighted by Gasteiger charge is -2.37. The fourth-order valence-corrected chi connectivity index (χ4v) is 7.85. The van der Waals surface area contributed by atoms with E-state index in [-0.39, 0.29) is 5.41 Å². The Hall–Kier alpha value is -2.35. The Bertz CT molecular complexity index is 1120. The zero-order valence-electron chi connectivity index (χ0n) is 31.1. The van der Waals surface area contributed by atoms with Crippen molar-refractivity contribution in [2.75, 3.05) is 0 Å². The fourth-order valence-electron chi connectivity index (χ4n) is 7.85. The molecule has 0 saturated carbocycles. The van der Waals surface area contributed by atoms with Crippen molar-refractivity contribution in [3.05, 3.63) is 90.0 Å². The third kappa shape index (κ3) is 15.2. The number of aryl methyl sites for hydroxylation is 1. The van der Waals surface area contributed by atoms with E-state index in [2.05, 4.69) is 103 Å². The van der Waals surface area contributed by atoms with E-state index in [1.54, 1.807) is 0 Å². The van der Waals surface area contributed by atoms with Gasteiger partial charge in [-0.25, -0.2) is 9.55 Å². The number of nitrogens with one attached hydrogen (secondary N) is 1. The highest BCUT2D eigenvalue weighted by Crippen LogP contribution is 2.43. The summed E-state index contributed by atoms with van der Waals surface area (Å²) in [6.45, 7) is 8.29. The molecule has 0 saturated heterocycles. The molecule has 0 bridgehead atoms. The fraction of sp³-hybridized carbons (Fsp3) is 0.667. The second-order valence-corrected chi connectivity index (χ2v) is 14.9. The number of nitrogens with zero attached hydrogens (tertiary/aromatic N) is 1. The summed E-state index contributed by atoms with van der Waals surface area (Å²) in [6, 6.07) is 22.6. The molecule has 2 aromatic carbocycles. The van der Waals surface area contributed by atoms with Crippen molar-refractivity contribution in [3.63, 3.8) is 0 Å². The van der Waals surface area contributed by atoms with E-state index < -0.39 is 0 Å². The maximum atomic E-state index is 3.81. The van der Waals surface area contributed by atoms with Gasteiger partial charge in [0.05, 0.1) is 12.5 Å². The predicted octanol–water partition coefficient (Wildman–Crippen LogP) is 13.6. The maximum absolute atomic E-state index is 3.81. The zero-order chi connectivity index (χ0) is 33.3. The summed E-state index contributed by atoms with van der Waals surface area (Å²) in [7, 11) is 0. The molecule has 0 amide bonds. The minimum atomic E-state index is 0.00533. The summed E-state index contributed by atoms with van der Waals surface area (Å²) in [5, 5.41) is 0. The summed E-state index contributed by atoms with van der Waals surface area (Å²) >= 11 is 0. The topological polar surface area (TPSA) is 19.7 Å². The molecule has 2 heteroatoms. The van der Waals surface area contributed by atoms with Crippen molar-refractivity contribution in [2.24, 2.45) is 0 Å². The SMILES string of the molecule is CCCCCCCCCCCCCCC[n+]1cc[nH]c1C(CCCCCCCCCCC)C(C)(Cc1ccccc1)c1ccccc1. The van der Waals surface area contributed by atoms with E-state index in [0.717, 1.165) is 13.0 Å². The van der Waals surface area contributed by atoms with Crippen molar-refractivity contribution < 1.29 is 4.57 Å². The van der Waals surface area contributed by atoms with E-state index in [4.69, 9.17) is 0 Å². The molecule has 0 aliphatic rings. The number of rotatable bonds is 29. The summed E-state index contributed by atoms with van der Waals surface area (Å²) in [5.41, 5.74) is 2.91. The van der Waals surface area contributed by atoms with E-state index in [1.165, 1.54) is 165 Å². The lowest BCUT2D eigenvalue weighted by atomic mass is 9.66. The molecule has 0 aliphatic carbocycles. The highest BCUT2D eigenvalue weighted by molar-refractivity contribution is 5.32. The van der Waals surface area contributed by atoms with Crippen LogP contribution < -0.4 is 4.57 Å². The van der Waals surface area contributed by atoms with Crippen LogP contribution in [0.25, 0.3) is 0 Å². The Morgan fingerprint density at radius 3 is 1.51 bits per heavy atom. The average molecular weight is 642 g/mol. The molecule has 0 spiro atoms. The van der Waals surface area contributed by atoms with Gasteiger partial charge in [0, 0.05) is 5.41 Å². The number of H-pyrrole nitrogens is 1. The largest absolute Gasteiger partial charge is 0.258 e. The molecule has 1 aromatic heterocycles. The van der Waals surface area contributed by atoms with E-state index in [0.29, 0.717) is 5.92 Å². The number of unbranched alkanes of at least 4 members (excludes halogenated alkanes) is 20. The Labute approximate surface area is 291 Å². The summed E-state index contributed by atoms with van der Waals surface area (Å²) in [5.74, 6) is 1.87. The summed E-state index contributed by atoms with van der Waals surface area (Å²) < 4.78 is 2.59. The van der Waals surface area contributed by atoms with E-state index in [1.807, 2.05) is 0 Å². The van der Waals surface area contributed by atoms with E-state index >= 15 is 0 Å². The van der Waals surface area contributed by atoms with Gasteiger partial charge in [0.1, 0.15) is 12.4 Å². The molecule has 0 aliphatic heterocycles. The van der Waals surface area contributed by atoms with Crippen LogP contribution in [0.3, 0.4) is 0 Å². The standard InChI is InChI=1S/C45H72N2/c1-4-6-8-10-12-14-15-16-17-19-21-23-31-38-47-39-37-46-44(47)43(36-30-22-20-18-13-11-9-7-5-2)45(3,42-34-28-25-29-35-42)40-41-32-26-24-27-33-41/h24-29,32-35,37,39,43H,4-23,30-31,36,38,40H2,1-3H3/p+1. The molecule has 1 N–H and O–H groups in total. The molecule has 2 nitrogen and oxygen atoms in total. The number of benzene rings is 2. The number of aromatic nitrogens is 2. The molecule has 0 fully saturated rings. The molecule has 47 heavy (non-hydrogen) atoms.